The van der Waals surface area contributed by atoms with Crippen LogP contribution in [0.1, 0.15) is 0 Å². The van der Waals surface area contributed by atoms with E-state index in [0.717, 1.165) is 12.1 Å². The molecule has 3 N–H and O–H groups in total. The largest absolute Gasteiger partial charge is 1.00 e. The molecule has 0 spiro atoms. The van der Waals surface area contributed by atoms with Crippen LogP contribution in [0, 0.1) is 7.14 Å². The van der Waals surface area contributed by atoms with Gasteiger partial charge < -0.3 is 15.1 Å². The zero-order valence-corrected chi connectivity index (χ0v) is 14.6. The van der Waals surface area contributed by atoms with Gasteiger partial charge in [0.25, 0.3) is 0 Å². The number of aromatic hydroxyl groups is 1. The van der Waals surface area contributed by atoms with E-state index < -0.39 is 10.1 Å². The SMILES string of the molecule is O.O=S(=O)([O-])c1cc(I)c(O)c(I)c1.[Na+]. The molecule has 0 amide bonds. The average molecular weight is 466 g/mol. The van der Waals surface area contributed by atoms with Crippen molar-refractivity contribution in [3.8, 4) is 5.75 Å². The molecule has 0 aromatic heterocycles. The molecular formula is C6H5I2NaO5S. The Bertz CT molecular complexity index is 424. The summed E-state index contributed by atoms with van der Waals surface area (Å²) in [5, 5.41) is 9.28. The van der Waals surface area contributed by atoms with Crippen molar-refractivity contribution < 1.29 is 53.1 Å². The van der Waals surface area contributed by atoms with Gasteiger partial charge in [-0.25, -0.2) is 8.42 Å². The van der Waals surface area contributed by atoms with Crippen molar-refractivity contribution in [1.29, 1.82) is 0 Å². The molecule has 1 rings (SSSR count). The summed E-state index contributed by atoms with van der Waals surface area (Å²) in [7, 11) is -4.44. The van der Waals surface area contributed by atoms with Crippen molar-refractivity contribution in [3.63, 3.8) is 0 Å². The van der Waals surface area contributed by atoms with Gasteiger partial charge in [0.1, 0.15) is 15.9 Å². The minimum atomic E-state index is -4.44. The summed E-state index contributed by atoms with van der Waals surface area (Å²) in [6.45, 7) is 0. The van der Waals surface area contributed by atoms with E-state index in [-0.39, 0.29) is 45.7 Å². The predicted octanol–water partition coefficient (Wildman–Crippen LogP) is -2.32. The number of halogens is 2. The quantitative estimate of drug-likeness (QED) is 0.285. The maximum Gasteiger partial charge on any atom is 1.00 e. The van der Waals surface area contributed by atoms with Crippen LogP contribution < -0.4 is 29.6 Å². The Morgan fingerprint density at radius 2 is 1.53 bits per heavy atom. The maximum atomic E-state index is 10.6. The third-order valence-electron chi connectivity index (χ3n) is 1.28. The number of hydrogen-bond acceptors (Lipinski definition) is 4. The van der Waals surface area contributed by atoms with Gasteiger partial charge in [0.15, 0.2) is 0 Å². The molecule has 0 heterocycles. The summed E-state index contributed by atoms with van der Waals surface area (Å²) >= 11 is 3.51. The topological polar surface area (TPSA) is 109 Å². The fraction of sp³-hybridized carbons (Fsp3) is 0. The molecule has 0 saturated carbocycles. The van der Waals surface area contributed by atoms with Crippen LogP contribution in [-0.4, -0.2) is 23.6 Å². The Morgan fingerprint density at radius 3 is 1.80 bits per heavy atom. The number of phenols is 1. The van der Waals surface area contributed by atoms with Crippen LogP contribution in [-0.2, 0) is 10.1 Å². The fourth-order valence-electron chi connectivity index (χ4n) is 0.687. The molecule has 0 radical (unpaired) electrons. The average Bonchev–Trinajstić information content (AvgIpc) is 1.97. The summed E-state index contributed by atoms with van der Waals surface area (Å²) in [5.74, 6) is -0.00593. The number of rotatable bonds is 1. The zero-order valence-electron chi connectivity index (χ0n) is 7.49. The standard InChI is InChI=1S/C6H4I2O4S.Na.H2O/c7-4-1-3(13(10,11)12)2-5(8)6(4)9;;/h1-2,9H,(H,10,11,12);;1H2/q;+1;/p-1. The van der Waals surface area contributed by atoms with Crippen LogP contribution >= 0.6 is 45.2 Å². The molecule has 15 heavy (non-hydrogen) atoms. The van der Waals surface area contributed by atoms with E-state index >= 15 is 0 Å². The molecule has 0 unspecified atom stereocenters. The van der Waals surface area contributed by atoms with Crippen molar-refractivity contribution >= 4 is 55.3 Å². The molecule has 1 aromatic carbocycles. The molecule has 80 valence electrons. The molecule has 0 aliphatic rings. The molecule has 1 aromatic rings. The van der Waals surface area contributed by atoms with Crippen molar-refractivity contribution in [2.45, 2.75) is 4.90 Å². The monoisotopic (exact) mass is 466 g/mol. The fourth-order valence-corrected chi connectivity index (χ4v) is 3.40. The van der Waals surface area contributed by atoms with Gasteiger partial charge in [0.2, 0.25) is 0 Å². The Labute approximate surface area is 136 Å². The number of hydrogen-bond donors (Lipinski definition) is 1. The summed E-state index contributed by atoms with van der Waals surface area (Å²) in [6.07, 6.45) is 0. The van der Waals surface area contributed by atoms with Crippen LogP contribution in [0.2, 0.25) is 0 Å². The van der Waals surface area contributed by atoms with Crippen LogP contribution in [0.25, 0.3) is 0 Å². The van der Waals surface area contributed by atoms with E-state index in [0.29, 0.717) is 7.14 Å². The smallest absolute Gasteiger partial charge is 0.744 e. The summed E-state index contributed by atoms with van der Waals surface area (Å²) in [4.78, 5) is -0.320. The Balaban J connectivity index is 0. The van der Waals surface area contributed by atoms with Gasteiger partial charge in [-0.3, -0.25) is 0 Å². The van der Waals surface area contributed by atoms with Gasteiger partial charge in [-0.2, -0.15) is 0 Å². The van der Waals surface area contributed by atoms with Crippen LogP contribution in [0.15, 0.2) is 17.0 Å². The van der Waals surface area contributed by atoms with E-state index in [1.165, 1.54) is 0 Å². The third-order valence-corrected chi connectivity index (χ3v) is 3.74. The van der Waals surface area contributed by atoms with E-state index in [2.05, 4.69) is 0 Å². The molecule has 0 saturated heterocycles. The number of phenolic OH excluding ortho intramolecular Hbond substituents is 1. The van der Waals surface area contributed by atoms with E-state index in [9.17, 15) is 18.1 Å². The molecular weight excluding hydrogens is 461 g/mol. The summed E-state index contributed by atoms with van der Waals surface area (Å²) in [5.41, 5.74) is 0. The van der Waals surface area contributed by atoms with Crippen LogP contribution in [0.4, 0.5) is 0 Å². The van der Waals surface area contributed by atoms with Crippen LogP contribution in [0.5, 0.6) is 5.75 Å². The van der Waals surface area contributed by atoms with Gasteiger partial charge in [0.05, 0.1) is 12.0 Å². The zero-order chi connectivity index (χ0) is 10.2. The van der Waals surface area contributed by atoms with E-state index in [1.807, 2.05) is 0 Å². The number of benzene rings is 1. The van der Waals surface area contributed by atoms with Gasteiger partial charge in [-0.05, 0) is 57.3 Å². The molecule has 0 atom stereocenters. The molecule has 0 aliphatic heterocycles. The molecule has 5 nitrogen and oxygen atoms in total. The first-order chi connectivity index (χ1) is 5.82. The minimum Gasteiger partial charge on any atom is -0.744 e. The second-order valence-corrected chi connectivity index (χ2v) is 5.89. The second kappa shape index (κ2) is 6.93. The van der Waals surface area contributed by atoms with Crippen molar-refractivity contribution in [2.24, 2.45) is 0 Å². The van der Waals surface area contributed by atoms with Crippen molar-refractivity contribution in [3.05, 3.63) is 19.3 Å². The van der Waals surface area contributed by atoms with E-state index in [1.54, 1.807) is 45.2 Å². The molecule has 9 heteroatoms. The summed E-state index contributed by atoms with van der Waals surface area (Å²) < 4.78 is 32.5. The van der Waals surface area contributed by atoms with Gasteiger partial charge in [-0.15, -0.1) is 0 Å². The third kappa shape index (κ3) is 5.02. The van der Waals surface area contributed by atoms with Gasteiger partial charge in [0, 0.05) is 0 Å². The first-order valence-electron chi connectivity index (χ1n) is 2.96. The normalized spacial score (nSPS) is 10.1. The Kier molecular flexibility index (Phi) is 8.65. The maximum absolute atomic E-state index is 10.6. The first-order valence-corrected chi connectivity index (χ1v) is 6.53. The second-order valence-electron chi connectivity index (χ2n) is 2.19. The van der Waals surface area contributed by atoms with E-state index in [4.69, 9.17) is 0 Å². The minimum absolute atomic E-state index is 0. The van der Waals surface area contributed by atoms with Crippen molar-refractivity contribution in [2.75, 3.05) is 0 Å². The Morgan fingerprint density at radius 1 is 1.20 bits per heavy atom. The molecule has 0 fully saturated rings. The first kappa shape index (κ1) is 18.7. The van der Waals surface area contributed by atoms with Crippen molar-refractivity contribution in [1.82, 2.24) is 0 Å². The van der Waals surface area contributed by atoms with Crippen LogP contribution in [0.3, 0.4) is 0 Å². The van der Waals surface area contributed by atoms with Gasteiger partial charge in [-0.1, -0.05) is 0 Å². The summed E-state index contributed by atoms with van der Waals surface area (Å²) in [6, 6.07) is 2.28. The predicted molar refractivity (Wildman–Crippen MR) is 65.1 cm³/mol. The van der Waals surface area contributed by atoms with Gasteiger partial charge >= 0.3 is 29.6 Å². The molecule has 0 aliphatic carbocycles. The molecule has 0 bridgehead atoms. The Hall–Kier alpha value is 1.35.